The second-order valence-electron chi connectivity index (χ2n) is 7.23. The number of amides is 1. The van der Waals surface area contributed by atoms with E-state index in [-0.39, 0.29) is 29.5 Å². The van der Waals surface area contributed by atoms with Crippen LogP contribution in [-0.4, -0.2) is 60.9 Å². The van der Waals surface area contributed by atoms with E-state index in [1.165, 1.54) is 17.8 Å². The van der Waals surface area contributed by atoms with Gasteiger partial charge in [0.15, 0.2) is 9.84 Å². The molecule has 6 nitrogen and oxygen atoms in total. The largest absolute Gasteiger partial charge is 0.346 e. The molecule has 0 aliphatic carbocycles. The van der Waals surface area contributed by atoms with E-state index in [4.69, 9.17) is 0 Å². The van der Waals surface area contributed by atoms with Crippen molar-refractivity contribution in [3.05, 3.63) is 28.1 Å². The van der Waals surface area contributed by atoms with Gasteiger partial charge in [0.1, 0.15) is 9.88 Å². The van der Waals surface area contributed by atoms with E-state index in [0.29, 0.717) is 10.6 Å². The molecule has 9 heteroatoms. The summed E-state index contributed by atoms with van der Waals surface area (Å²) in [5, 5.41) is 5.83. The number of hydrogen-bond acceptors (Lipinski definition) is 7. The first-order valence-corrected chi connectivity index (χ1v) is 12.7. The molecule has 2 fully saturated rings. The van der Waals surface area contributed by atoms with Crippen molar-refractivity contribution in [3.63, 3.8) is 0 Å². The summed E-state index contributed by atoms with van der Waals surface area (Å²) in [7, 11) is -3.13. The minimum absolute atomic E-state index is 0.0234. The number of piperidine rings is 1. The lowest BCUT2D eigenvalue weighted by Gasteiger charge is -2.34. The van der Waals surface area contributed by atoms with E-state index < -0.39 is 9.84 Å². The maximum absolute atomic E-state index is 12.9. The number of thiazole rings is 1. The number of carbonyl (C=O) groups excluding carboxylic acids is 1. The lowest BCUT2D eigenvalue weighted by molar-refractivity contribution is 0.0903. The quantitative estimate of drug-likeness (QED) is 0.814. The van der Waals surface area contributed by atoms with Crippen LogP contribution in [0.5, 0.6) is 0 Å². The Kier molecular flexibility index (Phi) is 5.37. The Morgan fingerprint density at radius 2 is 2.04 bits per heavy atom. The Morgan fingerprint density at radius 1 is 1.26 bits per heavy atom. The van der Waals surface area contributed by atoms with E-state index in [2.05, 4.69) is 15.2 Å². The van der Waals surface area contributed by atoms with Gasteiger partial charge in [-0.05, 0) is 44.3 Å². The van der Waals surface area contributed by atoms with Gasteiger partial charge in [0, 0.05) is 6.04 Å². The highest BCUT2D eigenvalue weighted by atomic mass is 32.2. The first kappa shape index (κ1) is 19.0. The number of hydrogen-bond donors (Lipinski definition) is 1. The van der Waals surface area contributed by atoms with Crippen molar-refractivity contribution < 1.29 is 13.2 Å². The van der Waals surface area contributed by atoms with Crippen LogP contribution in [-0.2, 0) is 9.84 Å². The van der Waals surface area contributed by atoms with Crippen LogP contribution in [0.25, 0.3) is 9.88 Å². The zero-order chi connectivity index (χ0) is 19.0. The fourth-order valence-corrected chi connectivity index (χ4v) is 7.64. The van der Waals surface area contributed by atoms with E-state index in [0.717, 1.165) is 35.8 Å². The minimum atomic E-state index is -3.13. The summed E-state index contributed by atoms with van der Waals surface area (Å²) < 4.78 is 24.5. The first-order chi connectivity index (χ1) is 12.9. The monoisotopic (exact) mass is 425 g/mol. The van der Waals surface area contributed by atoms with Crippen molar-refractivity contribution >= 4 is 38.4 Å². The molecule has 1 amide bonds. The molecule has 4 heterocycles. The average Bonchev–Trinajstić information content (AvgIpc) is 3.34. The van der Waals surface area contributed by atoms with E-state index in [9.17, 15) is 13.2 Å². The van der Waals surface area contributed by atoms with Gasteiger partial charge >= 0.3 is 0 Å². The molecule has 0 bridgehead atoms. The maximum atomic E-state index is 12.9. The van der Waals surface area contributed by atoms with E-state index in [1.54, 1.807) is 11.3 Å². The van der Waals surface area contributed by atoms with Crippen LogP contribution in [0.15, 0.2) is 17.5 Å². The number of aromatic nitrogens is 1. The Hall–Kier alpha value is -1.29. The van der Waals surface area contributed by atoms with Crippen LogP contribution in [0.2, 0.25) is 0 Å². The fourth-order valence-electron chi connectivity index (χ4n) is 3.92. The molecule has 1 N–H and O–H groups in total. The molecule has 2 unspecified atom stereocenters. The fraction of sp³-hybridized carbons (Fsp3) is 0.556. The van der Waals surface area contributed by atoms with Gasteiger partial charge in [-0.25, -0.2) is 13.4 Å². The molecule has 2 aliphatic rings. The molecule has 2 atom stereocenters. The average molecular weight is 426 g/mol. The summed E-state index contributed by atoms with van der Waals surface area (Å²) in [5.74, 6) is -0.0489. The van der Waals surface area contributed by atoms with Crippen LogP contribution in [0, 0.1) is 6.92 Å². The number of rotatable bonds is 4. The number of thiophene rings is 1. The summed E-state index contributed by atoms with van der Waals surface area (Å²) in [5.41, 5.74) is 0.691. The first-order valence-electron chi connectivity index (χ1n) is 9.19. The molecule has 2 aromatic heterocycles. The lowest BCUT2D eigenvalue weighted by atomic mass is 10.0. The van der Waals surface area contributed by atoms with Gasteiger partial charge < -0.3 is 5.32 Å². The number of aryl methyl sites for hydroxylation is 1. The molecule has 2 aliphatic heterocycles. The Labute approximate surface area is 167 Å². The highest BCUT2D eigenvalue weighted by Crippen LogP contribution is 2.31. The van der Waals surface area contributed by atoms with Crippen LogP contribution in [0.1, 0.15) is 34.6 Å². The number of likely N-dealkylation sites (tertiary alicyclic amines) is 1. The number of carbonyl (C=O) groups is 1. The molecule has 146 valence electrons. The highest BCUT2D eigenvalue weighted by Gasteiger charge is 2.42. The van der Waals surface area contributed by atoms with Crippen molar-refractivity contribution in [2.75, 3.05) is 24.6 Å². The van der Waals surface area contributed by atoms with Gasteiger partial charge in [-0.1, -0.05) is 12.5 Å². The molecular weight excluding hydrogens is 402 g/mol. The minimum Gasteiger partial charge on any atom is -0.346 e. The van der Waals surface area contributed by atoms with Crippen LogP contribution >= 0.6 is 22.7 Å². The van der Waals surface area contributed by atoms with Crippen molar-refractivity contribution in [2.24, 2.45) is 0 Å². The normalized spacial score (nSPS) is 25.5. The van der Waals surface area contributed by atoms with Gasteiger partial charge in [0.25, 0.3) is 5.91 Å². The standard InChI is InChI=1S/C18H23N3O3S3/c1-12-16(26-18(19-12)15-6-5-9-25-15)17(22)20-13-10-27(23,24)11-14(13)21-7-3-2-4-8-21/h5-6,9,13-14H,2-4,7-8,10-11H2,1H3,(H,20,22). The van der Waals surface area contributed by atoms with Crippen LogP contribution in [0.4, 0.5) is 0 Å². The number of sulfone groups is 1. The van der Waals surface area contributed by atoms with Gasteiger partial charge in [-0.15, -0.1) is 22.7 Å². The molecule has 0 aromatic carbocycles. The van der Waals surface area contributed by atoms with E-state index in [1.807, 2.05) is 24.4 Å². The van der Waals surface area contributed by atoms with Gasteiger partial charge in [0.05, 0.1) is 28.1 Å². The summed E-state index contributed by atoms with van der Waals surface area (Å²) in [6.45, 7) is 3.65. The van der Waals surface area contributed by atoms with Crippen molar-refractivity contribution in [1.82, 2.24) is 15.2 Å². The Bertz CT molecular complexity index is 915. The van der Waals surface area contributed by atoms with Gasteiger partial charge in [0.2, 0.25) is 0 Å². The summed E-state index contributed by atoms with van der Waals surface area (Å²) in [6, 6.07) is 3.47. The molecule has 2 aromatic rings. The third-order valence-corrected chi connectivity index (χ3v) is 9.15. The molecule has 2 saturated heterocycles. The number of nitrogens with zero attached hydrogens (tertiary/aromatic N) is 2. The summed E-state index contributed by atoms with van der Waals surface area (Å²) in [4.78, 5) is 21.3. The maximum Gasteiger partial charge on any atom is 0.263 e. The third-order valence-electron chi connectivity index (χ3n) is 5.23. The zero-order valence-electron chi connectivity index (χ0n) is 15.2. The zero-order valence-corrected chi connectivity index (χ0v) is 17.6. The summed E-state index contributed by atoms with van der Waals surface area (Å²) in [6.07, 6.45) is 3.38. The second kappa shape index (κ2) is 7.62. The van der Waals surface area contributed by atoms with Gasteiger partial charge in [-0.2, -0.15) is 0 Å². The molecule has 27 heavy (non-hydrogen) atoms. The van der Waals surface area contributed by atoms with Crippen LogP contribution in [0.3, 0.4) is 0 Å². The topological polar surface area (TPSA) is 79.4 Å². The van der Waals surface area contributed by atoms with Crippen molar-refractivity contribution in [1.29, 1.82) is 0 Å². The Balaban J connectivity index is 1.52. The highest BCUT2D eigenvalue weighted by molar-refractivity contribution is 7.91. The molecule has 0 radical (unpaired) electrons. The van der Waals surface area contributed by atoms with Crippen LogP contribution < -0.4 is 5.32 Å². The van der Waals surface area contributed by atoms with Crippen molar-refractivity contribution in [3.8, 4) is 9.88 Å². The SMILES string of the molecule is Cc1nc(-c2cccs2)sc1C(=O)NC1CS(=O)(=O)CC1N1CCCCC1. The summed E-state index contributed by atoms with van der Waals surface area (Å²) >= 11 is 2.96. The predicted octanol–water partition coefficient (Wildman–Crippen LogP) is 2.56. The predicted molar refractivity (Wildman–Crippen MR) is 109 cm³/mol. The number of nitrogens with one attached hydrogen (secondary N) is 1. The third kappa shape index (κ3) is 4.11. The second-order valence-corrected chi connectivity index (χ2v) is 11.3. The van der Waals surface area contributed by atoms with Crippen molar-refractivity contribution in [2.45, 2.75) is 38.3 Å². The van der Waals surface area contributed by atoms with Gasteiger partial charge in [-0.3, -0.25) is 9.69 Å². The lowest BCUT2D eigenvalue weighted by Crippen LogP contribution is -2.52. The molecule has 0 saturated carbocycles. The molecule has 0 spiro atoms. The Morgan fingerprint density at radius 3 is 2.74 bits per heavy atom. The smallest absolute Gasteiger partial charge is 0.263 e. The molecular formula is C18H23N3O3S3. The molecule has 4 rings (SSSR count). The van der Waals surface area contributed by atoms with E-state index >= 15 is 0 Å².